The van der Waals surface area contributed by atoms with Crippen LogP contribution in [-0.2, 0) is 16.0 Å². The van der Waals surface area contributed by atoms with Crippen molar-refractivity contribution in [2.75, 3.05) is 5.73 Å². The van der Waals surface area contributed by atoms with Gasteiger partial charge in [-0.25, -0.2) is 9.59 Å². The standard InChI is InChI=1S/C10H9NO4/c11-8-3-1-2-6(9(8)13)4-7(5-12)10(14)15/h1-3,13H,4,11H2,(H,14,15). The van der Waals surface area contributed by atoms with Gasteiger partial charge in [-0.2, -0.15) is 0 Å². The summed E-state index contributed by atoms with van der Waals surface area (Å²) in [4.78, 5) is 20.8. The van der Waals surface area contributed by atoms with Gasteiger partial charge in [0, 0.05) is 12.0 Å². The first-order valence-corrected chi connectivity index (χ1v) is 4.10. The van der Waals surface area contributed by atoms with Crippen molar-refractivity contribution in [1.82, 2.24) is 0 Å². The van der Waals surface area contributed by atoms with Gasteiger partial charge >= 0.3 is 5.97 Å². The molecular weight excluding hydrogens is 198 g/mol. The number of hydrogen-bond donors (Lipinski definition) is 3. The summed E-state index contributed by atoms with van der Waals surface area (Å²) >= 11 is 0. The number of nitrogens with two attached hydrogens (primary N) is 1. The molecule has 0 radical (unpaired) electrons. The first kappa shape index (κ1) is 10.8. The zero-order chi connectivity index (χ0) is 11.4. The number of phenols is 1. The quantitative estimate of drug-likeness (QED) is 0.287. The zero-order valence-electron chi connectivity index (χ0n) is 7.73. The lowest BCUT2D eigenvalue weighted by Gasteiger charge is -2.05. The van der Waals surface area contributed by atoms with Crippen LogP contribution in [0.4, 0.5) is 5.69 Å². The van der Waals surface area contributed by atoms with Crippen molar-refractivity contribution >= 4 is 17.6 Å². The monoisotopic (exact) mass is 207 g/mol. The fourth-order valence-electron chi connectivity index (χ4n) is 1.10. The van der Waals surface area contributed by atoms with E-state index < -0.39 is 11.5 Å². The van der Waals surface area contributed by atoms with Crippen LogP contribution in [0.15, 0.2) is 23.8 Å². The number of phenolic OH excluding ortho intramolecular Hbond substituents is 1. The number of aromatic hydroxyl groups is 1. The van der Waals surface area contributed by atoms with Crippen LogP contribution in [-0.4, -0.2) is 22.1 Å². The Hall–Kier alpha value is -2.26. The van der Waals surface area contributed by atoms with E-state index in [9.17, 15) is 14.7 Å². The van der Waals surface area contributed by atoms with E-state index >= 15 is 0 Å². The van der Waals surface area contributed by atoms with Gasteiger partial charge in [0.05, 0.1) is 5.69 Å². The van der Waals surface area contributed by atoms with Crippen molar-refractivity contribution in [3.8, 4) is 5.75 Å². The van der Waals surface area contributed by atoms with Crippen LogP contribution in [0.2, 0.25) is 0 Å². The molecule has 0 aliphatic heterocycles. The molecule has 78 valence electrons. The molecule has 1 aromatic carbocycles. The summed E-state index contributed by atoms with van der Waals surface area (Å²) < 4.78 is 0. The first-order chi connectivity index (χ1) is 7.06. The lowest BCUT2D eigenvalue weighted by Crippen LogP contribution is -2.05. The second-order valence-corrected chi connectivity index (χ2v) is 2.92. The molecule has 15 heavy (non-hydrogen) atoms. The third kappa shape index (κ3) is 2.36. The van der Waals surface area contributed by atoms with Crippen LogP contribution < -0.4 is 5.73 Å². The van der Waals surface area contributed by atoms with E-state index in [0.717, 1.165) is 0 Å². The van der Waals surface area contributed by atoms with Crippen LogP contribution in [0.1, 0.15) is 5.56 Å². The van der Waals surface area contributed by atoms with E-state index in [0.29, 0.717) is 0 Å². The van der Waals surface area contributed by atoms with Gasteiger partial charge < -0.3 is 15.9 Å². The van der Waals surface area contributed by atoms with E-state index in [2.05, 4.69) is 0 Å². The molecule has 0 aliphatic carbocycles. The number of carbonyl (C=O) groups excluding carboxylic acids is 1. The second kappa shape index (κ2) is 4.30. The summed E-state index contributed by atoms with van der Waals surface area (Å²) in [6.45, 7) is 0. The topological polar surface area (TPSA) is 101 Å². The van der Waals surface area contributed by atoms with E-state index in [1.54, 1.807) is 6.07 Å². The number of carboxylic acids is 1. The molecule has 0 atom stereocenters. The number of hydrogen-bond acceptors (Lipinski definition) is 4. The molecule has 0 aliphatic rings. The Morgan fingerprint density at radius 2 is 2.13 bits per heavy atom. The van der Waals surface area contributed by atoms with Crippen molar-refractivity contribution in [2.24, 2.45) is 0 Å². The summed E-state index contributed by atoms with van der Waals surface area (Å²) in [7, 11) is 0. The molecule has 0 spiro atoms. The largest absolute Gasteiger partial charge is 0.505 e. The zero-order valence-corrected chi connectivity index (χ0v) is 7.73. The lowest BCUT2D eigenvalue weighted by molar-refractivity contribution is -0.132. The van der Waals surface area contributed by atoms with Crippen molar-refractivity contribution < 1.29 is 19.8 Å². The highest BCUT2D eigenvalue weighted by Crippen LogP contribution is 2.25. The number of aliphatic carboxylic acids is 1. The summed E-state index contributed by atoms with van der Waals surface area (Å²) in [6, 6.07) is 4.53. The lowest BCUT2D eigenvalue weighted by atomic mass is 10.0. The van der Waals surface area contributed by atoms with Crippen LogP contribution in [0, 0.1) is 0 Å². The number of carboxylic acid groups (broad SMARTS) is 1. The van der Waals surface area contributed by atoms with Gasteiger partial charge in [-0.05, 0) is 6.07 Å². The third-order valence-corrected chi connectivity index (χ3v) is 1.90. The van der Waals surface area contributed by atoms with Crippen molar-refractivity contribution in [1.29, 1.82) is 0 Å². The minimum atomic E-state index is -1.35. The Bertz CT molecular complexity index is 447. The first-order valence-electron chi connectivity index (χ1n) is 4.10. The Labute approximate surface area is 85.5 Å². The van der Waals surface area contributed by atoms with E-state index in [1.165, 1.54) is 18.1 Å². The maximum Gasteiger partial charge on any atom is 0.343 e. The minimum absolute atomic E-state index is 0.142. The number of rotatable bonds is 3. The molecule has 1 aromatic rings. The van der Waals surface area contributed by atoms with Gasteiger partial charge in [-0.3, -0.25) is 0 Å². The molecule has 5 heteroatoms. The van der Waals surface area contributed by atoms with Gasteiger partial charge in [0.1, 0.15) is 17.3 Å². The number of anilines is 1. The summed E-state index contributed by atoms with van der Waals surface area (Å²) in [5, 5.41) is 18.0. The molecular formula is C10H9NO4. The van der Waals surface area contributed by atoms with Crippen molar-refractivity contribution in [3.63, 3.8) is 0 Å². The molecule has 4 N–H and O–H groups in total. The Morgan fingerprint density at radius 3 is 2.67 bits per heavy atom. The van der Waals surface area contributed by atoms with E-state index in [1.807, 2.05) is 0 Å². The molecule has 0 fully saturated rings. The molecule has 0 aromatic heterocycles. The summed E-state index contributed by atoms with van der Waals surface area (Å²) in [5.74, 6) is -0.245. The van der Waals surface area contributed by atoms with Crippen LogP contribution in [0.3, 0.4) is 0 Å². The summed E-state index contributed by atoms with van der Waals surface area (Å²) in [6.07, 6.45) is -0.199. The number of nitrogen functional groups attached to an aromatic ring is 1. The van der Waals surface area contributed by atoms with Crippen LogP contribution in [0.25, 0.3) is 0 Å². The average molecular weight is 207 g/mol. The third-order valence-electron chi connectivity index (χ3n) is 1.90. The number of benzene rings is 1. The van der Waals surface area contributed by atoms with E-state index in [-0.39, 0.29) is 23.4 Å². The number of carbonyl (C=O) groups is 1. The molecule has 0 bridgehead atoms. The smallest absolute Gasteiger partial charge is 0.343 e. The average Bonchev–Trinajstić information content (AvgIpc) is 2.19. The van der Waals surface area contributed by atoms with Gasteiger partial charge in [0.15, 0.2) is 0 Å². The second-order valence-electron chi connectivity index (χ2n) is 2.92. The predicted octanol–water partition coefficient (Wildman–Crippen LogP) is 0.359. The molecule has 1 rings (SSSR count). The predicted molar refractivity (Wildman–Crippen MR) is 53.1 cm³/mol. The maximum atomic E-state index is 10.5. The van der Waals surface area contributed by atoms with Gasteiger partial charge in [-0.15, -0.1) is 0 Å². The highest BCUT2D eigenvalue weighted by atomic mass is 16.4. The highest BCUT2D eigenvalue weighted by molar-refractivity contribution is 5.96. The molecule has 0 heterocycles. The maximum absolute atomic E-state index is 10.5. The molecule has 5 nitrogen and oxygen atoms in total. The van der Waals surface area contributed by atoms with Crippen molar-refractivity contribution in [2.45, 2.75) is 6.42 Å². The van der Waals surface area contributed by atoms with Gasteiger partial charge in [0.25, 0.3) is 0 Å². The molecule has 0 saturated heterocycles. The minimum Gasteiger partial charge on any atom is -0.505 e. The molecule has 0 amide bonds. The fourth-order valence-corrected chi connectivity index (χ4v) is 1.10. The van der Waals surface area contributed by atoms with Crippen molar-refractivity contribution in [3.05, 3.63) is 29.3 Å². The molecule has 0 saturated carbocycles. The Kier molecular flexibility index (Phi) is 3.10. The van der Waals surface area contributed by atoms with Gasteiger partial charge in [0.2, 0.25) is 0 Å². The van der Waals surface area contributed by atoms with Gasteiger partial charge in [-0.1, -0.05) is 12.1 Å². The van der Waals surface area contributed by atoms with E-state index in [4.69, 9.17) is 10.8 Å². The SMILES string of the molecule is Nc1cccc(CC(=C=O)C(=O)O)c1O. The summed E-state index contributed by atoms with van der Waals surface area (Å²) in [5.41, 5.74) is 5.39. The highest BCUT2D eigenvalue weighted by Gasteiger charge is 2.13. The molecule has 0 unspecified atom stereocenters. The number of para-hydroxylation sites is 1. The normalized spacial score (nSPS) is 9.33. The van der Waals surface area contributed by atoms with Crippen LogP contribution >= 0.6 is 0 Å². The Balaban J connectivity index is 3.05. The fraction of sp³-hybridized carbons (Fsp3) is 0.100. The Morgan fingerprint density at radius 1 is 1.47 bits per heavy atom. The van der Waals surface area contributed by atoms with Crippen LogP contribution in [0.5, 0.6) is 5.75 Å².